The maximum Gasteiger partial charge on any atom is 0.143 e. The second-order valence-corrected chi connectivity index (χ2v) is 5.03. The minimum absolute atomic E-state index is 0.270. The lowest BCUT2D eigenvalue weighted by atomic mass is 9.99. The maximum atomic E-state index is 13.1. The number of halogens is 1. The summed E-state index contributed by atoms with van der Waals surface area (Å²) in [5.74, 6) is -0.270. The number of nitrogens with one attached hydrogen (secondary N) is 1. The first-order valence-electron chi connectivity index (χ1n) is 6.44. The standard InChI is InChI=1S/C13H18FN3/c14-10-7-11(9-15-8-10)16-12-4-6-17-5-2-1-3-13(12)17/h7-9,12-13,16H,1-6H2. The second kappa shape index (κ2) is 4.61. The van der Waals surface area contributed by atoms with Crippen LogP contribution in [0.25, 0.3) is 0 Å². The number of fused-ring (bicyclic) bond motifs is 1. The molecule has 1 N–H and O–H groups in total. The number of anilines is 1. The Morgan fingerprint density at radius 2 is 2.18 bits per heavy atom. The first-order chi connectivity index (χ1) is 8.33. The zero-order chi connectivity index (χ0) is 11.7. The summed E-state index contributed by atoms with van der Waals surface area (Å²) in [6.45, 7) is 2.40. The monoisotopic (exact) mass is 235 g/mol. The van der Waals surface area contributed by atoms with Crippen molar-refractivity contribution in [1.82, 2.24) is 9.88 Å². The van der Waals surface area contributed by atoms with Crippen molar-refractivity contribution in [3.05, 3.63) is 24.3 Å². The fraction of sp³-hybridized carbons (Fsp3) is 0.615. The van der Waals surface area contributed by atoms with E-state index in [9.17, 15) is 4.39 Å². The fourth-order valence-corrected chi connectivity index (χ4v) is 3.12. The van der Waals surface area contributed by atoms with Crippen molar-refractivity contribution >= 4 is 5.69 Å². The van der Waals surface area contributed by atoms with Crippen LogP contribution in [0, 0.1) is 5.82 Å². The third-order valence-electron chi connectivity index (χ3n) is 3.91. The Kier molecular flexibility index (Phi) is 2.97. The number of hydrogen-bond acceptors (Lipinski definition) is 3. The molecule has 92 valence electrons. The van der Waals surface area contributed by atoms with E-state index in [4.69, 9.17) is 0 Å². The molecule has 2 aliphatic rings. The number of nitrogens with zero attached hydrogens (tertiary/aromatic N) is 2. The van der Waals surface area contributed by atoms with Gasteiger partial charge in [-0.3, -0.25) is 9.88 Å². The Hall–Kier alpha value is -1.16. The molecule has 0 bridgehead atoms. The average Bonchev–Trinajstić information content (AvgIpc) is 2.73. The molecule has 2 unspecified atom stereocenters. The first kappa shape index (κ1) is 11.0. The molecule has 1 aromatic heterocycles. The minimum Gasteiger partial charge on any atom is -0.379 e. The number of aromatic nitrogens is 1. The van der Waals surface area contributed by atoms with Crippen LogP contribution in [0.1, 0.15) is 25.7 Å². The van der Waals surface area contributed by atoms with E-state index in [2.05, 4.69) is 15.2 Å². The second-order valence-electron chi connectivity index (χ2n) is 5.03. The van der Waals surface area contributed by atoms with Crippen LogP contribution in [0.2, 0.25) is 0 Å². The van der Waals surface area contributed by atoms with E-state index < -0.39 is 0 Å². The van der Waals surface area contributed by atoms with Gasteiger partial charge in [0.15, 0.2) is 0 Å². The molecule has 0 radical (unpaired) electrons. The van der Waals surface area contributed by atoms with Crippen LogP contribution in [-0.2, 0) is 0 Å². The van der Waals surface area contributed by atoms with Crippen LogP contribution < -0.4 is 5.32 Å². The summed E-state index contributed by atoms with van der Waals surface area (Å²) in [5.41, 5.74) is 0.808. The minimum atomic E-state index is -0.270. The summed E-state index contributed by atoms with van der Waals surface area (Å²) < 4.78 is 13.1. The predicted octanol–water partition coefficient (Wildman–Crippen LogP) is 2.26. The normalized spacial score (nSPS) is 29.0. The molecule has 0 saturated carbocycles. The number of hydrogen-bond donors (Lipinski definition) is 1. The van der Waals surface area contributed by atoms with E-state index >= 15 is 0 Å². The highest BCUT2D eigenvalue weighted by atomic mass is 19.1. The smallest absolute Gasteiger partial charge is 0.143 e. The molecular formula is C13H18FN3. The molecule has 0 spiro atoms. The van der Waals surface area contributed by atoms with Gasteiger partial charge in [-0.25, -0.2) is 4.39 Å². The lowest BCUT2D eigenvalue weighted by Gasteiger charge is -2.32. The summed E-state index contributed by atoms with van der Waals surface area (Å²) in [6.07, 6.45) is 8.01. The summed E-state index contributed by atoms with van der Waals surface area (Å²) >= 11 is 0. The fourth-order valence-electron chi connectivity index (χ4n) is 3.12. The molecule has 3 heterocycles. The number of pyridine rings is 1. The van der Waals surface area contributed by atoms with Crippen LogP contribution in [0.15, 0.2) is 18.5 Å². The highest BCUT2D eigenvalue weighted by Crippen LogP contribution is 2.29. The molecular weight excluding hydrogens is 217 g/mol. The van der Waals surface area contributed by atoms with Gasteiger partial charge in [-0.2, -0.15) is 0 Å². The molecule has 2 saturated heterocycles. The van der Waals surface area contributed by atoms with Crippen molar-refractivity contribution < 1.29 is 4.39 Å². The van der Waals surface area contributed by atoms with Gasteiger partial charge in [-0.1, -0.05) is 6.42 Å². The molecule has 2 atom stereocenters. The summed E-state index contributed by atoms with van der Waals surface area (Å²) in [6, 6.07) is 2.62. The molecule has 4 heteroatoms. The predicted molar refractivity (Wildman–Crippen MR) is 65.4 cm³/mol. The highest BCUT2D eigenvalue weighted by Gasteiger charge is 2.35. The van der Waals surface area contributed by atoms with Gasteiger partial charge in [-0.15, -0.1) is 0 Å². The third kappa shape index (κ3) is 2.27. The molecule has 0 amide bonds. The lowest BCUT2D eigenvalue weighted by molar-refractivity contribution is 0.193. The SMILES string of the molecule is Fc1cncc(NC2CCN3CCCCC23)c1. The van der Waals surface area contributed by atoms with Gasteiger partial charge in [0.05, 0.1) is 18.1 Å². The van der Waals surface area contributed by atoms with Gasteiger partial charge < -0.3 is 5.32 Å². The van der Waals surface area contributed by atoms with E-state index in [0.29, 0.717) is 12.1 Å². The van der Waals surface area contributed by atoms with Crippen molar-refractivity contribution in [2.24, 2.45) is 0 Å². The Balaban J connectivity index is 1.69. The number of piperidine rings is 1. The van der Waals surface area contributed by atoms with Crippen LogP contribution in [-0.4, -0.2) is 35.1 Å². The van der Waals surface area contributed by atoms with Crippen molar-refractivity contribution in [2.45, 2.75) is 37.8 Å². The van der Waals surface area contributed by atoms with E-state index in [1.54, 1.807) is 6.20 Å². The van der Waals surface area contributed by atoms with Crippen molar-refractivity contribution in [2.75, 3.05) is 18.4 Å². The summed E-state index contributed by atoms with van der Waals surface area (Å²) in [7, 11) is 0. The Morgan fingerprint density at radius 3 is 3.06 bits per heavy atom. The lowest BCUT2D eigenvalue weighted by Crippen LogP contribution is -2.41. The van der Waals surface area contributed by atoms with E-state index in [1.807, 2.05) is 0 Å². The van der Waals surface area contributed by atoms with Crippen molar-refractivity contribution in [3.8, 4) is 0 Å². The van der Waals surface area contributed by atoms with Gasteiger partial charge in [0.25, 0.3) is 0 Å². The molecule has 2 fully saturated rings. The zero-order valence-electron chi connectivity index (χ0n) is 9.90. The molecule has 1 aromatic rings. The van der Waals surface area contributed by atoms with Gasteiger partial charge in [0, 0.05) is 24.7 Å². The molecule has 3 rings (SSSR count). The summed E-state index contributed by atoms with van der Waals surface area (Å²) in [5, 5.41) is 3.44. The van der Waals surface area contributed by atoms with Crippen LogP contribution in [0.4, 0.5) is 10.1 Å². The maximum absolute atomic E-state index is 13.1. The van der Waals surface area contributed by atoms with Crippen molar-refractivity contribution in [3.63, 3.8) is 0 Å². The largest absolute Gasteiger partial charge is 0.379 e. The average molecular weight is 235 g/mol. The van der Waals surface area contributed by atoms with Crippen LogP contribution in [0.3, 0.4) is 0 Å². The Labute approximate surface area is 101 Å². The zero-order valence-corrected chi connectivity index (χ0v) is 9.90. The van der Waals surface area contributed by atoms with Gasteiger partial charge >= 0.3 is 0 Å². The molecule has 0 aliphatic carbocycles. The van der Waals surface area contributed by atoms with Crippen LogP contribution in [0.5, 0.6) is 0 Å². The summed E-state index contributed by atoms with van der Waals surface area (Å²) in [4.78, 5) is 6.44. The number of rotatable bonds is 2. The Bertz CT molecular complexity index is 396. The van der Waals surface area contributed by atoms with E-state index in [0.717, 1.165) is 12.1 Å². The third-order valence-corrected chi connectivity index (χ3v) is 3.91. The molecule has 2 aliphatic heterocycles. The van der Waals surface area contributed by atoms with Crippen molar-refractivity contribution in [1.29, 1.82) is 0 Å². The molecule has 3 nitrogen and oxygen atoms in total. The van der Waals surface area contributed by atoms with E-state index in [1.165, 1.54) is 44.6 Å². The quantitative estimate of drug-likeness (QED) is 0.852. The molecule has 17 heavy (non-hydrogen) atoms. The first-order valence-corrected chi connectivity index (χ1v) is 6.44. The van der Waals surface area contributed by atoms with Gasteiger partial charge in [0.1, 0.15) is 5.82 Å². The Morgan fingerprint density at radius 1 is 1.24 bits per heavy atom. The van der Waals surface area contributed by atoms with Gasteiger partial charge in [0.2, 0.25) is 0 Å². The molecule has 0 aromatic carbocycles. The van der Waals surface area contributed by atoms with Gasteiger partial charge in [-0.05, 0) is 25.8 Å². The van der Waals surface area contributed by atoms with E-state index in [-0.39, 0.29) is 5.82 Å². The highest BCUT2D eigenvalue weighted by molar-refractivity contribution is 5.42. The van der Waals surface area contributed by atoms with Crippen LogP contribution >= 0.6 is 0 Å². The topological polar surface area (TPSA) is 28.2 Å².